The molecule has 0 aliphatic rings. The third kappa shape index (κ3) is 2.48. The number of amides is 1. The third-order valence-corrected chi connectivity index (χ3v) is 2.40. The average molecular weight is 199 g/mol. The normalized spacial score (nSPS) is 10.0. The standard InChI is InChI=1S/C8H13N3OS/c1-3-5-9-8(12)7-6(4-2)10-11-13-7/h3-5H2,1-2H3,(H,9,12). The monoisotopic (exact) mass is 199 g/mol. The molecule has 72 valence electrons. The summed E-state index contributed by atoms with van der Waals surface area (Å²) in [4.78, 5) is 12.1. The lowest BCUT2D eigenvalue weighted by Crippen LogP contribution is -2.24. The van der Waals surface area contributed by atoms with E-state index in [2.05, 4.69) is 14.9 Å². The molecule has 0 aliphatic heterocycles. The first-order valence-corrected chi connectivity index (χ1v) is 5.16. The van der Waals surface area contributed by atoms with Gasteiger partial charge in [-0.15, -0.1) is 5.10 Å². The van der Waals surface area contributed by atoms with Gasteiger partial charge in [-0.2, -0.15) is 0 Å². The third-order valence-electron chi connectivity index (χ3n) is 1.63. The first-order chi connectivity index (χ1) is 6.29. The SMILES string of the molecule is CCCNC(=O)c1snnc1CC. The van der Waals surface area contributed by atoms with E-state index in [0.717, 1.165) is 30.1 Å². The van der Waals surface area contributed by atoms with Crippen LogP contribution in [0.15, 0.2) is 0 Å². The summed E-state index contributed by atoms with van der Waals surface area (Å²) in [5, 5.41) is 6.67. The Hall–Kier alpha value is -0.970. The molecule has 0 saturated heterocycles. The van der Waals surface area contributed by atoms with Crippen LogP contribution in [0.5, 0.6) is 0 Å². The van der Waals surface area contributed by atoms with Gasteiger partial charge < -0.3 is 5.32 Å². The van der Waals surface area contributed by atoms with Crippen molar-refractivity contribution in [1.82, 2.24) is 14.9 Å². The van der Waals surface area contributed by atoms with Crippen molar-refractivity contribution in [3.05, 3.63) is 10.6 Å². The summed E-state index contributed by atoms with van der Waals surface area (Å²) >= 11 is 1.16. The van der Waals surface area contributed by atoms with Gasteiger partial charge in [0.1, 0.15) is 4.88 Å². The molecule has 1 aromatic heterocycles. The molecule has 0 unspecified atom stereocenters. The van der Waals surface area contributed by atoms with Crippen molar-refractivity contribution in [2.24, 2.45) is 0 Å². The van der Waals surface area contributed by atoms with Crippen LogP contribution >= 0.6 is 11.5 Å². The molecule has 1 amide bonds. The average Bonchev–Trinajstić information content (AvgIpc) is 2.61. The molecule has 1 heterocycles. The number of nitrogens with zero attached hydrogens (tertiary/aromatic N) is 2. The Morgan fingerprint density at radius 1 is 1.54 bits per heavy atom. The van der Waals surface area contributed by atoms with Gasteiger partial charge in [0.05, 0.1) is 5.69 Å². The molecule has 1 rings (SSSR count). The topological polar surface area (TPSA) is 54.9 Å². The van der Waals surface area contributed by atoms with Crippen LogP contribution in [-0.2, 0) is 6.42 Å². The number of nitrogens with one attached hydrogen (secondary N) is 1. The van der Waals surface area contributed by atoms with Gasteiger partial charge in [-0.3, -0.25) is 4.79 Å². The quantitative estimate of drug-likeness (QED) is 0.793. The Kier molecular flexibility index (Phi) is 3.82. The Labute approximate surface area is 81.5 Å². The maximum Gasteiger partial charge on any atom is 0.264 e. The summed E-state index contributed by atoms with van der Waals surface area (Å²) < 4.78 is 3.75. The lowest BCUT2D eigenvalue weighted by Gasteiger charge is -2.00. The molecule has 13 heavy (non-hydrogen) atoms. The molecule has 1 N–H and O–H groups in total. The van der Waals surface area contributed by atoms with Gasteiger partial charge >= 0.3 is 0 Å². The number of carbonyl (C=O) groups excluding carboxylic acids is 1. The molecular weight excluding hydrogens is 186 g/mol. The number of carbonyl (C=O) groups is 1. The predicted octanol–water partition coefficient (Wildman–Crippen LogP) is 1.24. The van der Waals surface area contributed by atoms with Crippen LogP contribution in [-0.4, -0.2) is 22.0 Å². The van der Waals surface area contributed by atoms with E-state index in [1.807, 2.05) is 13.8 Å². The van der Waals surface area contributed by atoms with Gasteiger partial charge in [-0.25, -0.2) is 0 Å². The van der Waals surface area contributed by atoms with Gasteiger partial charge in [0.25, 0.3) is 5.91 Å². The number of rotatable bonds is 4. The highest BCUT2D eigenvalue weighted by Gasteiger charge is 2.13. The summed E-state index contributed by atoms with van der Waals surface area (Å²) in [6, 6.07) is 0. The van der Waals surface area contributed by atoms with Crippen molar-refractivity contribution < 1.29 is 4.79 Å². The van der Waals surface area contributed by atoms with Crippen LogP contribution in [0.25, 0.3) is 0 Å². The van der Waals surface area contributed by atoms with E-state index < -0.39 is 0 Å². The molecule has 4 nitrogen and oxygen atoms in total. The second-order valence-electron chi connectivity index (χ2n) is 2.66. The molecule has 0 bridgehead atoms. The van der Waals surface area contributed by atoms with Crippen molar-refractivity contribution in [1.29, 1.82) is 0 Å². The van der Waals surface area contributed by atoms with Gasteiger partial charge in [-0.1, -0.05) is 18.3 Å². The first kappa shape index (κ1) is 10.1. The van der Waals surface area contributed by atoms with E-state index in [1.54, 1.807) is 0 Å². The first-order valence-electron chi connectivity index (χ1n) is 4.39. The van der Waals surface area contributed by atoms with Crippen LogP contribution < -0.4 is 5.32 Å². The lowest BCUT2D eigenvalue weighted by atomic mass is 10.3. The summed E-state index contributed by atoms with van der Waals surface area (Å²) in [5.74, 6) is -0.0475. The number of hydrogen-bond donors (Lipinski definition) is 1. The minimum Gasteiger partial charge on any atom is -0.351 e. The highest BCUT2D eigenvalue weighted by atomic mass is 32.1. The van der Waals surface area contributed by atoms with Gasteiger partial charge in [0.2, 0.25) is 0 Å². The molecule has 0 saturated carbocycles. The number of aryl methyl sites for hydroxylation is 1. The van der Waals surface area contributed by atoms with Gasteiger partial charge in [-0.05, 0) is 24.4 Å². The molecule has 0 atom stereocenters. The molecule has 5 heteroatoms. The minimum atomic E-state index is -0.0475. The summed E-state index contributed by atoms with van der Waals surface area (Å²) in [6.45, 7) is 4.69. The fourth-order valence-electron chi connectivity index (χ4n) is 0.931. The molecular formula is C8H13N3OS. The van der Waals surface area contributed by atoms with E-state index in [9.17, 15) is 4.79 Å². The molecule has 0 fully saturated rings. The molecule has 0 radical (unpaired) electrons. The summed E-state index contributed by atoms with van der Waals surface area (Å²) in [5.41, 5.74) is 0.790. The molecule has 0 spiro atoms. The number of aromatic nitrogens is 2. The molecule has 0 aliphatic carbocycles. The van der Waals surface area contributed by atoms with Crippen LogP contribution in [0.1, 0.15) is 35.6 Å². The maximum absolute atomic E-state index is 11.5. The van der Waals surface area contributed by atoms with E-state index in [1.165, 1.54) is 0 Å². The smallest absolute Gasteiger partial charge is 0.264 e. The zero-order valence-electron chi connectivity index (χ0n) is 7.83. The summed E-state index contributed by atoms with van der Waals surface area (Å²) in [7, 11) is 0. The second kappa shape index (κ2) is 4.91. The van der Waals surface area contributed by atoms with E-state index in [-0.39, 0.29) is 5.91 Å². The van der Waals surface area contributed by atoms with Crippen molar-refractivity contribution in [3.8, 4) is 0 Å². The Morgan fingerprint density at radius 3 is 2.92 bits per heavy atom. The minimum absolute atomic E-state index is 0.0475. The van der Waals surface area contributed by atoms with Crippen LogP contribution in [0.3, 0.4) is 0 Å². The van der Waals surface area contributed by atoms with Gasteiger partial charge in [0.15, 0.2) is 0 Å². The van der Waals surface area contributed by atoms with E-state index in [0.29, 0.717) is 11.4 Å². The summed E-state index contributed by atoms with van der Waals surface area (Å²) in [6.07, 6.45) is 1.70. The van der Waals surface area contributed by atoms with Crippen LogP contribution in [0.2, 0.25) is 0 Å². The maximum atomic E-state index is 11.5. The molecule has 0 aromatic carbocycles. The predicted molar refractivity (Wildman–Crippen MR) is 51.9 cm³/mol. The van der Waals surface area contributed by atoms with Crippen molar-refractivity contribution in [2.75, 3.05) is 6.54 Å². The Bertz CT molecular complexity index is 285. The fourth-order valence-corrected chi connectivity index (χ4v) is 1.60. The lowest BCUT2D eigenvalue weighted by molar-refractivity contribution is 0.0956. The second-order valence-corrected chi connectivity index (χ2v) is 3.41. The van der Waals surface area contributed by atoms with Crippen molar-refractivity contribution in [2.45, 2.75) is 26.7 Å². The highest BCUT2D eigenvalue weighted by molar-refractivity contribution is 7.08. The van der Waals surface area contributed by atoms with Gasteiger partial charge in [0, 0.05) is 6.54 Å². The van der Waals surface area contributed by atoms with E-state index in [4.69, 9.17) is 0 Å². The highest BCUT2D eigenvalue weighted by Crippen LogP contribution is 2.10. The fraction of sp³-hybridized carbons (Fsp3) is 0.625. The zero-order chi connectivity index (χ0) is 9.68. The number of hydrogen-bond acceptors (Lipinski definition) is 4. The van der Waals surface area contributed by atoms with Crippen molar-refractivity contribution in [3.63, 3.8) is 0 Å². The Balaban J connectivity index is 2.65. The van der Waals surface area contributed by atoms with Crippen LogP contribution in [0.4, 0.5) is 0 Å². The Morgan fingerprint density at radius 2 is 2.31 bits per heavy atom. The van der Waals surface area contributed by atoms with Crippen molar-refractivity contribution >= 4 is 17.4 Å². The largest absolute Gasteiger partial charge is 0.351 e. The van der Waals surface area contributed by atoms with Crippen LogP contribution in [0, 0.1) is 0 Å². The zero-order valence-corrected chi connectivity index (χ0v) is 8.65. The molecule has 1 aromatic rings. The van der Waals surface area contributed by atoms with E-state index >= 15 is 0 Å².